The van der Waals surface area contributed by atoms with Crippen LogP contribution in [0.3, 0.4) is 0 Å². The molecule has 1 fully saturated rings. The fourth-order valence-corrected chi connectivity index (χ4v) is 2.54. The van der Waals surface area contributed by atoms with Crippen molar-refractivity contribution in [2.45, 2.75) is 32.7 Å². The Balaban J connectivity index is 2.08. The van der Waals surface area contributed by atoms with E-state index in [4.69, 9.17) is 0 Å². The van der Waals surface area contributed by atoms with Crippen molar-refractivity contribution in [1.82, 2.24) is 0 Å². The topological polar surface area (TPSA) is 35.5 Å². The highest BCUT2D eigenvalue weighted by atomic mass is 16.3. The Morgan fingerprint density at radius 3 is 2.56 bits per heavy atom. The third-order valence-corrected chi connectivity index (χ3v) is 3.56. The zero-order chi connectivity index (χ0) is 13.0. The maximum Gasteiger partial charge on any atom is 0.0602 e. The Bertz CT molecular complexity index is 371. The van der Waals surface area contributed by atoms with Crippen LogP contribution in [0.25, 0.3) is 0 Å². The molecule has 0 spiro atoms. The average molecular weight is 248 g/mol. The molecule has 0 bridgehead atoms. The molecule has 18 heavy (non-hydrogen) atoms. The highest BCUT2D eigenvalue weighted by Gasteiger charge is 2.20. The predicted octanol–water partition coefficient (Wildman–Crippen LogP) is 2.72. The summed E-state index contributed by atoms with van der Waals surface area (Å²) in [4.78, 5) is 2.43. The molecule has 1 aromatic carbocycles. The number of piperidine rings is 1. The normalized spacial score (nSPS) is 17.2. The van der Waals surface area contributed by atoms with Crippen molar-refractivity contribution >= 4 is 11.4 Å². The second-order valence-electron chi connectivity index (χ2n) is 5.43. The first-order chi connectivity index (χ1) is 8.70. The molecule has 0 radical (unpaired) electrons. The highest BCUT2D eigenvalue weighted by Crippen LogP contribution is 2.29. The maximum absolute atomic E-state index is 9.19. The largest absolute Gasteiger partial charge is 0.396 e. The lowest BCUT2D eigenvalue weighted by molar-refractivity contribution is 0.203. The van der Waals surface area contributed by atoms with E-state index in [9.17, 15) is 5.11 Å². The van der Waals surface area contributed by atoms with Crippen LogP contribution in [-0.2, 0) is 0 Å². The first kappa shape index (κ1) is 13.2. The number of hydrogen-bond donors (Lipinski definition) is 2. The van der Waals surface area contributed by atoms with E-state index in [1.54, 1.807) is 0 Å². The number of benzene rings is 1. The molecular weight excluding hydrogens is 224 g/mol. The Morgan fingerprint density at radius 1 is 1.28 bits per heavy atom. The summed E-state index contributed by atoms with van der Waals surface area (Å²) in [5.74, 6) is 0.492. The molecule has 0 saturated carbocycles. The molecule has 100 valence electrons. The van der Waals surface area contributed by atoms with Gasteiger partial charge in [0.1, 0.15) is 0 Å². The van der Waals surface area contributed by atoms with Crippen LogP contribution < -0.4 is 10.2 Å². The Labute approximate surface area is 110 Å². The summed E-state index contributed by atoms with van der Waals surface area (Å²) in [6.45, 7) is 6.74. The smallest absolute Gasteiger partial charge is 0.0602 e. The van der Waals surface area contributed by atoms with Crippen LogP contribution in [0.15, 0.2) is 24.3 Å². The average Bonchev–Trinajstić information content (AvgIpc) is 2.39. The van der Waals surface area contributed by atoms with Crippen LogP contribution in [0.1, 0.15) is 26.7 Å². The highest BCUT2D eigenvalue weighted by molar-refractivity contribution is 5.70. The van der Waals surface area contributed by atoms with E-state index in [1.165, 1.54) is 11.4 Å². The van der Waals surface area contributed by atoms with Crippen molar-refractivity contribution in [2.24, 2.45) is 5.92 Å². The molecule has 0 aliphatic carbocycles. The minimum absolute atomic E-state index is 0.333. The first-order valence-electron chi connectivity index (χ1n) is 6.92. The molecule has 3 heteroatoms. The van der Waals surface area contributed by atoms with Gasteiger partial charge < -0.3 is 15.3 Å². The van der Waals surface area contributed by atoms with Gasteiger partial charge in [-0.2, -0.15) is 0 Å². The SMILES string of the molecule is CC(C)Nc1ccccc1N1CCC(CO)CC1. The van der Waals surface area contributed by atoms with Crippen molar-refractivity contribution in [1.29, 1.82) is 0 Å². The summed E-state index contributed by atoms with van der Waals surface area (Å²) in [5.41, 5.74) is 2.51. The number of rotatable bonds is 4. The molecule has 2 N–H and O–H groups in total. The summed E-state index contributed by atoms with van der Waals surface area (Å²) < 4.78 is 0. The lowest BCUT2D eigenvalue weighted by Crippen LogP contribution is -2.35. The van der Waals surface area contributed by atoms with E-state index in [2.05, 4.69) is 48.3 Å². The van der Waals surface area contributed by atoms with E-state index in [0.29, 0.717) is 18.6 Å². The first-order valence-corrected chi connectivity index (χ1v) is 6.92. The lowest BCUT2D eigenvalue weighted by Gasteiger charge is -2.34. The van der Waals surface area contributed by atoms with Gasteiger partial charge in [0.2, 0.25) is 0 Å². The van der Waals surface area contributed by atoms with Crippen molar-refractivity contribution in [2.75, 3.05) is 29.9 Å². The Morgan fingerprint density at radius 2 is 1.94 bits per heavy atom. The van der Waals surface area contributed by atoms with Gasteiger partial charge in [-0.05, 0) is 44.7 Å². The monoisotopic (exact) mass is 248 g/mol. The van der Waals surface area contributed by atoms with Crippen LogP contribution in [0.2, 0.25) is 0 Å². The molecule has 1 aromatic rings. The van der Waals surface area contributed by atoms with Gasteiger partial charge >= 0.3 is 0 Å². The number of hydrogen-bond acceptors (Lipinski definition) is 3. The van der Waals surface area contributed by atoms with Crippen LogP contribution in [0, 0.1) is 5.92 Å². The number of anilines is 2. The third kappa shape index (κ3) is 3.16. The fraction of sp³-hybridized carbons (Fsp3) is 0.600. The van der Waals surface area contributed by atoms with Crippen molar-refractivity contribution in [3.8, 4) is 0 Å². The predicted molar refractivity (Wildman–Crippen MR) is 77.2 cm³/mol. The quantitative estimate of drug-likeness (QED) is 0.860. The van der Waals surface area contributed by atoms with Crippen molar-refractivity contribution in [3.05, 3.63) is 24.3 Å². The summed E-state index contributed by atoms with van der Waals surface area (Å²) in [7, 11) is 0. The van der Waals surface area contributed by atoms with E-state index < -0.39 is 0 Å². The molecule has 0 amide bonds. The van der Waals surface area contributed by atoms with E-state index >= 15 is 0 Å². The summed E-state index contributed by atoms with van der Waals surface area (Å²) in [6.07, 6.45) is 2.18. The van der Waals surface area contributed by atoms with Gasteiger partial charge in [-0.1, -0.05) is 12.1 Å². The van der Waals surface area contributed by atoms with E-state index in [1.807, 2.05) is 0 Å². The van der Waals surface area contributed by atoms with Crippen LogP contribution in [0.5, 0.6) is 0 Å². The molecule has 0 atom stereocenters. The molecule has 0 aromatic heterocycles. The van der Waals surface area contributed by atoms with Gasteiger partial charge in [0, 0.05) is 25.7 Å². The van der Waals surface area contributed by atoms with Crippen molar-refractivity contribution < 1.29 is 5.11 Å². The van der Waals surface area contributed by atoms with E-state index in [0.717, 1.165) is 25.9 Å². The van der Waals surface area contributed by atoms with Gasteiger partial charge in [-0.25, -0.2) is 0 Å². The Hall–Kier alpha value is -1.22. The molecule has 1 aliphatic rings. The van der Waals surface area contributed by atoms with Crippen molar-refractivity contribution in [3.63, 3.8) is 0 Å². The zero-order valence-electron chi connectivity index (χ0n) is 11.4. The molecule has 1 heterocycles. The fourth-order valence-electron chi connectivity index (χ4n) is 2.54. The van der Waals surface area contributed by atoms with Gasteiger partial charge in [0.05, 0.1) is 11.4 Å². The zero-order valence-corrected chi connectivity index (χ0v) is 11.4. The summed E-state index contributed by atoms with van der Waals surface area (Å²) in [6, 6.07) is 8.95. The van der Waals surface area contributed by atoms with E-state index in [-0.39, 0.29) is 0 Å². The molecular formula is C15H24N2O. The number of aliphatic hydroxyl groups excluding tert-OH is 1. The Kier molecular flexibility index (Phi) is 4.48. The second kappa shape index (κ2) is 6.10. The van der Waals surface area contributed by atoms with Crippen LogP contribution >= 0.6 is 0 Å². The van der Waals surface area contributed by atoms with Crippen LogP contribution in [0.4, 0.5) is 11.4 Å². The molecule has 1 saturated heterocycles. The second-order valence-corrected chi connectivity index (χ2v) is 5.43. The number of nitrogens with zero attached hydrogens (tertiary/aromatic N) is 1. The summed E-state index contributed by atoms with van der Waals surface area (Å²) >= 11 is 0. The van der Waals surface area contributed by atoms with Gasteiger partial charge in [-0.3, -0.25) is 0 Å². The third-order valence-electron chi connectivity index (χ3n) is 3.56. The van der Waals surface area contributed by atoms with Gasteiger partial charge in [0.15, 0.2) is 0 Å². The van der Waals surface area contributed by atoms with Crippen LogP contribution in [-0.4, -0.2) is 30.8 Å². The molecule has 1 aliphatic heterocycles. The van der Waals surface area contributed by atoms with Gasteiger partial charge in [0.25, 0.3) is 0 Å². The lowest BCUT2D eigenvalue weighted by atomic mass is 9.97. The standard InChI is InChI=1S/C15H24N2O/c1-12(2)16-14-5-3-4-6-15(14)17-9-7-13(11-18)8-10-17/h3-6,12-13,16,18H,7-11H2,1-2H3. The van der Waals surface area contributed by atoms with Gasteiger partial charge in [-0.15, -0.1) is 0 Å². The molecule has 0 unspecified atom stereocenters. The minimum Gasteiger partial charge on any atom is -0.396 e. The molecule has 2 rings (SSSR count). The maximum atomic E-state index is 9.19. The number of nitrogens with one attached hydrogen (secondary N) is 1. The summed E-state index contributed by atoms with van der Waals surface area (Å²) in [5, 5.41) is 12.7. The molecule has 3 nitrogen and oxygen atoms in total. The minimum atomic E-state index is 0.333. The number of para-hydroxylation sites is 2. The number of aliphatic hydroxyl groups is 1.